The first kappa shape index (κ1) is 15.9. The van der Waals surface area contributed by atoms with Gasteiger partial charge in [-0.3, -0.25) is 9.47 Å². The first-order chi connectivity index (χ1) is 11.6. The van der Waals surface area contributed by atoms with Gasteiger partial charge >= 0.3 is 0 Å². The molecule has 4 rings (SSSR count). The third-order valence-corrected chi connectivity index (χ3v) is 5.12. The lowest BCUT2D eigenvalue weighted by Crippen LogP contribution is -2.39. The number of aliphatic hydroxyl groups is 1. The van der Waals surface area contributed by atoms with Gasteiger partial charge in [0, 0.05) is 19.1 Å². The summed E-state index contributed by atoms with van der Waals surface area (Å²) in [6.45, 7) is 2.09. The largest absolute Gasteiger partial charge is 0.392 e. The summed E-state index contributed by atoms with van der Waals surface area (Å²) in [5.74, 6) is 0.332. The van der Waals surface area contributed by atoms with Crippen LogP contribution in [-0.2, 0) is 6.67 Å². The summed E-state index contributed by atoms with van der Waals surface area (Å²) in [4.78, 5) is 2.15. The molecule has 2 fully saturated rings. The number of β-amino-alcohol motifs (C(OH)–C–C–N with tert-alkyl or cyclic N) is 1. The molecule has 0 amide bonds. The Morgan fingerprint density at radius 1 is 1.25 bits per heavy atom. The molecule has 1 aliphatic heterocycles. The Bertz CT molecular complexity index is 798. The van der Waals surface area contributed by atoms with Crippen LogP contribution in [0.1, 0.15) is 31.7 Å². The van der Waals surface area contributed by atoms with E-state index in [0.717, 1.165) is 32.2 Å². The third-order valence-electron chi connectivity index (χ3n) is 4.71. The highest BCUT2D eigenvalue weighted by molar-refractivity contribution is 7.71. The second kappa shape index (κ2) is 6.38. The molecule has 0 bridgehead atoms. The summed E-state index contributed by atoms with van der Waals surface area (Å²) < 4.78 is 18.7. The zero-order valence-electron chi connectivity index (χ0n) is 13.4. The molecule has 0 unspecified atom stereocenters. The molecular formula is C17H21FN4OS. The Morgan fingerprint density at radius 3 is 2.75 bits per heavy atom. The molecule has 2 aliphatic rings. The van der Waals surface area contributed by atoms with E-state index in [1.807, 2.05) is 10.6 Å². The van der Waals surface area contributed by atoms with E-state index in [0.29, 0.717) is 35.4 Å². The lowest BCUT2D eigenvalue weighted by Gasteiger charge is -2.29. The summed E-state index contributed by atoms with van der Waals surface area (Å²) in [7, 11) is 0. The van der Waals surface area contributed by atoms with Crippen LogP contribution in [0.25, 0.3) is 11.4 Å². The van der Waals surface area contributed by atoms with Gasteiger partial charge in [-0.25, -0.2) is 9.07 Å². The van der Waals surface area contributed by atoms with Crippen LogP contribution in [0, 0.1) is 10.6 Å². The molecule has 1 N–H and O–H groups in total. The summed E-state index contributed by atoms with van der Waals surface area (Å²) >= 11 is 5.62. The lowest BCUT2D eigenvalue weighted by molar-refractivity contribution is 0.0512. The number of piperidine rings is 1. The predicted molar refractivity (Wildman–Crippen MR) is 91.5 cm³/mol. The van der Waals surface area contributed by atoms with Gasteiger partial charge in [0.2, 0.25) is 0 Å². The standard InChI is InChI=1S/C17H21FN4OS/c18-15-6-2-1-5-14(15)16-19-21(17(24)22(16)12-7-8-12)11-20-9-3-4-13(23)10-20/h1-2,5-6,12-13,23H,3-4,7-11H2/t13-/m1/s1. The van der Waals surface area contributed by atoms with Crippen molar-refractivity contribution in [1.29, 1.82) is 0 Å². The molecule has 128 valence electrons. The smallest absolute Gasteiger partial charge is 0.199 e. The van der Waals surface area contributed by atoms with E-state index in [4.69, 9.17) is 12.2 Å². The molecule has 0 radical (unpaired) electrons. The predicted octanol–water partition coefficient (Wildman–Crippen LogP) is 2.97. The van der Waals surface area contributed by atoms with Crippen LogP contribution in [0.5, 0.6) is 0 Å². The second-order valence-corrected chi connectivity index (χ2v) is 7.07. The Labute approximate surface area is 145 Å². The summed E-state index contributed by atoms with van der Waals surface area (Å²) in [6.07, 6.45) is 3.65. The normalized spacial score (nSPS) is 22.0. The lowest BCUT2D eigenvalue weighted by atomic mass is 10.1. The highest BCUT2D eigenvalue weighted by atomic mass is 32.1. The average Bonchev–Trinajstić information content (AvgIpc) is 3.34. The Kier molecular flexibility index (Phi) is 4.24. The number of rotatable bonds is 4. The Morgan fingerprint density at radius 2 is 2.04 bits per heavy atom. The first-order valence-electron chi connectivity index (χ1n) is 8.48. The highest BCUT2D eigenvalue weighted by Gasteiger charge is 2.30. The van der Waals surface area contributed by atoms with Crippen molar-refractivity contribution in [2.45, 2.75) is 44.5 Å². The summed E-state index contributed by atoms with van der Waals surface area (Å²) in [6, 6.07) is 7.03. The second-order valence-electron chi connectivity index (χ2n) is 6.70. The SMILES string of the molecule is O[C@@H]1CCCN(Cn2nc(-c3ccccc3F)n(C3CC3)c2=S)C1. The van der Waals surface area contributed by atoms with Crippen molar-refractivity contribution in [2.24, 2.45) is 0 Å². The van der Waals surface area contributed by atoms with Crippen molar-refractivity contribution in [3.63, 3.8) is 0 Å². The van der Waals surface area contributed by atoms with E-state index in [2.05, 4.69) is 10.00 Å². The number of hydrogen-bond acceptors (Lipinski definition) is 4. The summed E-state index contributed by atoms with van der Waals surface area (Å²) in [5, 5.41) is 14.5. The van der Waals surface area contributed by atoms with Crippen LogP contribution in [0.2, 0.25) is 0 Å². The fourth-order valence-corrected chi connectivity index (χ4v) is 3.68. The van der Waals surface area contributed by atoms with Gasteiger partial charge in [0.15, 0.2) is 10.6 Å². The van der Waals surface area contributed by atoms with Gasteiger partial charge in [-0.15, -0.1) is 0 Å². The van der Waals surface area contributed by atoms with Gasteiger partial charge in [-0.05, 0) is 50.0 Å². The van der Waals surface area contributed by atoms with E-state index in [-0.39, 0.29) is 11.9 Å². The number of aromatic nitrogens is 3. The molecule has 7 heteroatoms. The van der Waals surface area contributed by atoms with Gasteiger partial charge < -0.3 is 5.11 Å². The Hall–Kier alpha value is -1.57. The maximum Gasteiger partial charge on any atom is 0.199 e. The zero-order chi connectivity index (χ0) is 16.7. The number of halogens is 1. The molecule has 2 heterocycles. The van der Waals surface area contributed by atoms with Crippen molar-refractivity contribution in [2.75, 3.05) is 13.1 Å². The van der Waals surface area contributed by atoms with Gasteiger partial charge in [0.25, 0.3) is 0 Å². The molecule has 2 aromatic rings. The molecule has 1 saturated heterocycles. The molecule has 1 aromatic carbocycles. The molecule has 5 nitrogen and oxygen atoms in total. The topological polar surface area (TPSA) is 46.2 Å². The van der Waals surface area contributed by atoms with Crippen LogP contribution in [0.15, 0.2) is 24.3 Å². The van der Waals surface area contributed by atoms with Crippen molar-refractivity contribution >= 4 is 12.2 Å². The van der Waals surface area contributed by atoms with E-state index in [1.54, 1.807) is 16.8 Å². The Balaban J connectivity index is 1.70. The van der Waals surface area contributed by atoms with Crippen molar-refractivity contribution < 1.29 is 9.50 Å². The molecule has 1 aliphatic carbocycles. The van der Waals surface area contributed by atoms with Crippen LogP contribution >= 0.6 is 12.2 Å². The van der Waals surface area contributed by atoms with Gasteiger partial charge in [-0.1, -0.05) is 12.1 Å². The van der Waals surface area contributed by atoms with Crippen molar-refractivity contribution in [3.05, 3.63) is 34.9 Å². The monoisotopic (exact) mass is 348 g/mol. The van der Waals surface area contributed by atoms with Crippen LogP contribution in [0.4, 0.5) is 4.39 Å². The third kappa shape index (κ3) is 3.03. The fraction of sp³-hybridized carbons (Fsp3) is 0.529. The number of benzene rings is 1. The average molecular weight is 348 g/mol. The van der Waals surface area contributed by atoms with E-state index in [9.17, 15) is 9.50 Å². The maximum atomic E-state index is 14.2. The number of aliphatic hydroxyl groups excluding tert-OH is 1. The van der Waals surface area contributed by atoms with E-state index in [1.165, 1.54) is 6.07 Å². The van der Waals surface area contributed by atoms with E-state index < -0.39 is 0 Å². The van der Waals surface area contributed by atoms with Crippen LogP contribution in [-0.4, -0.2) is 43.5 Å². The first-order valence-corrected chi connectivity index (χ1v) is 8.89. The molecule has 1 aromatic heterocycles. The van der Waals surface area contributed by atoms with Crippen molar-refractivity contribution in [3.8, 4) is 11.4 Å². The van der Waals surface area contributed by atoms with Crippen molar-refractivity contribution in [1.82, 2.24) is 19.2 Å². The minimum atomic E-state index is -0.288. The molecule has 1 saturated carbocycles. The fourth-order valence-electron chi connectivity index (χ4n) is 3.35. The zero-order valence-corrected chi connectivity index (χ0v) is 14.3. The minimum Gasteiger partial charge on any atom is -0.392 e. The van der Waals surface area contributed by atoms with Gasteiger partial charge in [0.1, 0.15) is 5.82 Å². The van der Waals surface area contributed by atoms with E-state index >= 15 is 0 Å². The molecule has 24 heavy (non-hydrogen) atoms. The van der Waals surface area contributed by atoms with Gasteiger partial charge in [-0.2, -0.15) is 5.10 Å². The molecule has 0 spiro atoms. The number of nitrogens with zero attached hydrogens (tertiary/aromatic N) is 4. The highest BCUT2D eigenvalue weighted by Crippen LogP contribution is 2.39. The molecular weight excluding hydrogens is 327 g/mol. The maximum absolute atomic E-state index is 14.2. The minimum absolute atomic E-state index is 0.278. The quantitative estimate of drug-likeness (QED) is 0.863. The van der Waals surface area contributed by atoms with Gasteiger partial charge in [0.05, 0.1) is 18.3 Å². The summed E-state index contributed by atoms with van der Waals surface area (Å²) in [5.41, 5.74) is 0.493. The number of hydrogen-bond donors (Lipinski definition) is 1. The van der Waals surface area contributed by atoms with Crippen LogP contribution in [0.3, 0.4) is 0 Å². The van der Waals surface area contributed by atoms with Crippen LogP contribution < -0.4 is 0 Å². The molecule has 1 atom stereocenters. The number of likely N-dealkylation sites (tertiary alicyclic amines) is 1.